The van der Waals surface area contributed by atoms with Crippen LogP contribution in [0.5, 0.6) is 0 Å². The minimum Gasteiger partial charge on any atom is -0.318 e. The second kappa shape index (κ2) is 8.19. The fourth-order valence-corrected chi connectivity index (χ4v) is 3.62. The average Bonchev–Trinajstić information content (AvgIpc) is 3.03. The van der Waals surface area contributed by atoms with Crippen LogP contribution in [-0.4, -0.2) is 10.8 Å². The molecule has 3 aromatic carbocycles. The Hall–Kier alpha value is -3.59. The topological polar surface area (TPSA) is 20.5 Å². The Morgan fingerprint density at radius 1 is 0.724 bits per heavy atom. The van der Waals surface area contributed by atoms with Gasteiger partial charge in [0.15, 0.2) is 0 Å². The van der Waals surface area contributed by atoms with E-state index in [2.05, 4.69) is 79.9 Å². The second-order valence-corrected chi connectivity index (χ2v) is 7.23. The van der Waals surface area contributed by atoms with Crippen LogP contribution in [0.25, 0.3) is 5.69 Å². The van der Waals surface area contributed by atoms with Crippen LogP contribution in [0.15, 0.2) is 96.1 Å². The van der Waals surface area contributed by atoms with Gasteiger partial charge in [-0.3, -0.25) is 0 Å². The number of hydrogen-bond donors (Lipinski definition) is 0. The molecule has 0 spiro atoms. The van der Waals surface area contributed by atoms with Gasteiger partial charge in [0, 0.05) is 22.6 Å². The second-order valence-electron chi connectivity index (χ2n) is 7.23. The molecule has 144 valence electrons. The molecule has 29 heavy (non-hydrogen) atoms. The van der Waals surface area contributed by atoms with Gasteiger partial charge in [0.25, 0.3) is 0 Å². The molecule has 3 heteroatoms. The molecule has 1 aromatic heterocycles. The van der Waals surface area contributed by atoms with E-state index in [1.165, 1.54) is 22.6 Å². The molecular formula is C26H25N3. The number of benzene rings is 3. The van der Waals surface area contributed by atoms with Gasteiger partial charge in [0.05, 0.1) is 17.6 Å². The summed E-state index contributed by atoms with van der Waals surface area (Å²) in [6, 6.07) is 31.2. The minimum atomic E-state index is 1.03. The van der Waals surface area contributed by atoms with Crippen molar-refractivity contribution in [1.82, 2.24) is 4.57 Å². The van der Waals surface area contributed by atoms with E-state index in [1.54, 1.807) is 0 Å². The van der Waals surface area contributed by atoms with Crippen LogP contribution < -0.4 is 5.01 Å². The van der Waals surface area contributed by atoms with E-state index >= 15 is 0 Å². The van der Waals surface area contributed by atoms with Crippen molar-refractivity contribution >= 4 is 17.6 Å². The molecule has 0 saturated carbocycles. The first-order chi connectivity index (χ1) is 14.1. The summed E-state index contributed by atoms with van der Waals surface area (Å²) in [7, 11) is 0. The van der Waals surface area contributed by atoms with Crippen molar-refractivity contribution in [2.75, 3.05) is 5.01 Å². The molecule has 0 amide bonds. The van der Waals surface area contributed by atoms with Gasteiger partial charge in [0.2, 0.25) is 0 Å². The first-order valence-corrected chi connectivity index (χ1v) is 9.83. The highest BCUT2D eigenvalue weighted by Gasteiger charge is 2.11. The van der Waals surface area contributed by atoms with Crippen LogP contribution in [0.1, 0.15) is 22.5 Å². The van der Waals surface area contributed by atoms with E-state index in [1.807, 2.05) is 47.6 Å². The Morgan fingerprint density at radius 2 is 1.34 bits per heavy atom. The van der Waals surface area contributed by atoms with Crippen LogP contribution in [0.3, 0.4) is 0 Å². The summed E-state index contributed by atoms with van der Waals surface area (Å²) in [5.74, 6) is 0. The molecule has 3 nitrogen and oxygen atoms in total. The van der Waals surface area contributed by atoms with Crippen LogP contribution in [0.2, 0.25) is 0 Å². The summed E-state index contributed by atoms with van der Waals surface area (Å²) >= 11 is 0. The van der Waals surface area contributed by atoms with Gasteiger partial charge in [0.1, 0.15) is 0 Å². The number of anilines is 2. The molecule has 0 N–H and O–H groups in total. The van der Waals surface area contributed by atoms with E-state index in [0.29, 0.717) is 0 Å². The summed E-state index contributed by atoms with van der Waals surface area (Å²) in [6.07, 6.45) is 1.95. The molecule has 0 radical (unpaired) electrons. The summed E-state index contributed by atoms with van der Waals surface area (Å²) in [5.41, 5.74) is 7.98. The maximum absolute atomic E-state index is 4.86. The first kappa shape index (κ1) is 18.8. The Balaban J connectivity index is 1.73. The van der Waals surface area contributed by atoms with Gasteiger partial charge in [-0.25, -0.2) is 5.01 Å². The van der Waals surface area contributed by atoms with Crippen LogP contribution >= 0.6 is 0 Å². The van der Waals surface area contributed by atoms with E-state index < -0.39 is 0 Å². The Bertz CT molecular complexity index is 1090. The lowest BCUT2D eigenvalue weighted by Gasteiger charge is -2.19. The first-order valence-electron chi connectivity index (χ1n) is 9.83. The van der Waals surface area contributed by atoms with E-state index in [-0.39, 0.29) is 0 Å². The number of nitrogens with zero attached hydrogens (tertiary/aromatic N) is 3. The van der Waals surface area contributed by atoms with Crippen molar-refractivity contribution in [3.05, 3.63) is 114 Å². The maximum Gasteiger partial charge on any atom is 0.0652 e. The largest absolute Gasteiger partial charge is 0.318 e. The van der Waals surface area contributed by atoms with Gasteiger partial charge < -0.3 is 4.57 Å². The van der Waals surface area contributed by atoms with E-state index in [0.717, 1.165) is 16.9 Å². The molecule has 0 aliphatic carbocycles. The molecule has 0 bridgehead atoms. The third-order valence-corrected chi connectivity index (χ3v) is 5.04. The molecule has 1 heterocycles. The van der Waals surface area contributed by atoms with Crippen molar-refractivity contribution in [3.8, 4) is 5.69 Å². The lowest BCUT2D eigenvalue weighted by Crippen LogP contribution is -2.09. The minimum absolute atomic E-state index is 1.03. The van der Waals surface area contributed by atoms with Gasteiger partial charge >= 0.3 is 0 Å². The number of aryl methyl sites for hydroxylation is 2. The molecule has 0 aliphatic rings. The number of para-hydroxylation sites is 2. The Labute approximate surface area is 172 Å². The third kappa shape index (κ3) is 3.99. The van der Waals surface area contributed by atoms with Gasteiger partial charge in [-0.1, -0.05) is 48.5 Å². The zero-order chi connectivity index (χ0) is 20.2. The fourth-order valence-electron chi connectivity index (χ4n) is 3.62. The van der Waals surface area contributed by atoms with Gasteiger partial charge in [-0.05, 0) is 68.8 Å². The molecular weight excluding hydrogens is 354 g/mol. The summed E-state index contributed by atoms with van der Waals surface area (Å²) < 4.78 is 2.28. The predicted octanol–water partition coefficient (Wildman–Crippen LogP) is 6.57. The van der Waals surface area contributed by atoms with Crippen molar-refractivity contribution in [2.24, 2.45) is 5.10 Å². The predicted molar refractivity (Wildman–Crippen MR) is 123 cm³/mol. The third-order valence-electron chi connectivity index (χ3n) is 5.04. The Morgan fingerprint density at radius 3 is 1.93 bits per heavy atom. The lowest BCUT2D eigenvalue weighted by molar-refractivity contribution is 0.962. The van der Waals surface area contributed by atoms with Crippen LogP contribution in [-0.2, 0) is 0 Å². The highest BCUT2D eigenvalue weighted by Crippen LogP contribution is 2.26. The Kier molecular flexibility index (Phi) is 5.30. The zero-order valence-corrected chi connectivity index (χ0v) is 17.1. The van der Waals surface area contributed by atoms with Crippen molar-refractivity contribution in [1.29, 1.82) is 0 Å². The van der Waals surface area contributed by atoms with Crippen molar-refractivity contribution in [2.45, 2.75) is 20.8 Å². The molecule has 0 aliphatic heterocycles. The number of rotatable bonds is 5. The number of hydrazone groups is 1. The van der Waals surface area contributed by atoms with Gasteiger partial charge in [-0.15, -0.1) is 0 Å². The number of hydrogen-bond acceptors (Lipinski definition) is 2. The highest BCUT2D eigenvalue weighted by atomic mass is 15.5. The molecule has 4 rings (SSSR count). The van der Waals surface area contributed by atoms with E-state index in [4.69, 9.17) is 5.10 Å². The van der Waals surface area contributed by atoms with Crippen molar-refractivity contribution < 1.29 is 0 Å². The average molecular weight is 380 g/mol. The lowest BCUT2D eigenvalue weighted by atomic mass is 10.2. The smallest absolute Gasteiger partial charge is 0.0652 e. The summed E-state index contributed by atoms with van der Waals surface area (Å²) in [5, 5.41) is 6.83. The molecule has 0 fully saturated rings. The zero-order valence-electron chi connectivity index (χ0n) is 17.1. The van der Waals surface area contributed by atoms with E-state index in [9.17, 15) is 0 Å². The molecule has 0 unspecified atom stereocenters. The van der Waals surface area contributed by atoms with Crippen LogP contribution in [0, 0.1) is 20.8 Å². The molecule has 0 saturated heterocycles. The SMILES string of the molecule is Cc1cccc(-n2c(C)cc(/C=N\N(c3ccccc3)c3ccccc3)c2C)c1. The monoisotopic (exact) mass is 379 g/mol. The molecule has 4 aromatic rings. The highest BCUT2D eigenvalue weighted by molar-refractivity contribution is 5.84. The summed E-state index contributed by atoms with van der Waals surface area (Å²) in [6.45, 7) is 6.41. The normalized spacial score (nSPS) is 11.1. The van der Waals surface area contributed by atoms with Crippen LogP contribution in [0.4, 0.5) is 11.4 Å². The fraction of sp³-hybridized carbons (Fsp3) is 0.115. The number of aromatic nitrogens is 1. The maximum atomic E-state index is 4.86. The quantitative estimate of drug-likeness (QED) is 0.283. The standard InChI is InChI=1S/C26H25N3/c1-20-11-10-16-26(17-20)28-21(2)18-23(22(28)3)19-27-29(24-12-6-4-7-13-24)25-14-8-5-9-15-25/h4-19H,1-3H3/b27-19-. The summed E-state index contributed by atoms with van der Waals surface area (Å²) in [4.78, 5) is 0. The molecule has 0 atom stereocenters. The van der Waals surface area contributed by atoms with Gasteiger partial charge in [-0.2, -0.15) is 5.10 Å². The van der Waals surface area contributed by atoms with Crippen molar-refractivity contribution in [3.63, 3.8) is 0 Å².